The Hall–Kier alpha value is -0.140. The molecule has 2 heterocycles. The van der Waals surface area contributed by atoms with E-state index in [1.54, 1.807) is 0 Å². The summed E-state index contributed by atoms with van der Waals surface area (Å²) in [5, 5.41) is 0. The Morgan fingerprint density at radius 3 is 2.20 bits per heavy atom. The Labute approximate surface area is 168 Å². The van der Waals surface area contributed by atoms with Crippen LogP contribution in [0.4, 0.5) is 5.69 Å². The highest BCUT2D eigenvalue weighted by Gasteiger charge is 2.26. The number of halogens is 2. The SMILES string of the molecule is Nc1c(Br)cc(CC(N)CN2CCC(N3CCCCC3)CC2)cc1Br. The van der Waals surface area contributed by atoms with Gasteiger partial charge in [0.1, 0.15) is 0 Å². The number of nitrogens with two attached hydrogens (primary N) is 2. The standard InChI is InChI=1S/C19H30Br2N4/c20-17-11-14(12-18(21)19(17)23)10-15(22)13-24-8-4-16(5-9-24)25-6-2-1-3-7-25/h11-12,15-16H,1-10,13,22-23H2. The molecule has 1 aromatic rings. The van der Waals surface area contributed by atoms with Crippen LogP contribution in [-0.2, 0) is 6.42 Å². The Bertz CT molecular complexity index is 544. The predicted molar refractivity (Wildman–Crippen MR) is 113 cm³/mol. The van der Waals surface area contributed by atoms with Crippen molar-refractivity contribution in [1.29, 1.82) is 0 Å². The second-order valence-corrected chi connectivity index (χ2v) is 9.27. The maximum atomic E-state index is 6.44. The van der Waals surface area contributed by atoms with Gasteiger partial charge in [0.25, 0.3) is 0 Å². The smallest absolute Gasteiger partial charge is 0.0603 e. The predicted octanol–water partition coefficient (Wildman–Crippen LogP) is 3.61. The molecule has 1 atom stereocenters. The molecule has 4 N–H and O–H groups in total. The van der Waals surface area contributed by atoms with E-state index < -0.39 is 0 Å². The average Bonchev–Trinajstić information content (AvgIpc) is 2.61. The summed E-state index contributed by atoms with van der Waals surface area (Å²) in [6.45, 7) is 5.97. The van der Waals surface area contributed by atoms with Gasteiger partial charge in [-0.1, -0.05) is 6.42 Å². The molecule has 2 fully saturated rings. The normalized spacial score (nSPS) is 22.2. The lowest BCUT2D eigenvalue weighted by molar-refractivity contribution is 0.0900. The zero-order valence-electron chi connectivity index (χ0n) is 14.9. The zero-order chi connectivity index (χ0) is 17.8. The third-order valence-electron chi connectivity index (χ3n) is 5.59. The molecule has 0 amide bonds. The van der Waals surface area contributed by atoms with Crippen LogP contribution in [0, 0.1) is 0 Å². The van der Waals surface area contributed by atoms with Crippen molar-refractivity contribution in [1.82, 2.24) is 9.80 Å². The Morgan fingerprint density at radius 1 is 1.00 bits per heavy atom. The Balaban J connectivity index is 1.45. The number of nitrogens with zero attached hydrogens (tertiary/aromatic N) is 2. The van der Waals surface area contributed by atoms with Gasteiger partial charge in [-0.2, -0.15) is 0 Å². The van der Waals surface area contributed by atoms with E-state index in [4.69, 9.17) is 11.5 Å². The number of hydrogen-bond donors (Lipinski definition) is 2. The lowest BCUT2D eigenvalue weighted by Crippen LogP contribution is -2.49. The summed E-state index contributed by atoms with van der Waals surface area (Å²) >= 11 is 7.04. The third-order valence-corrected chi connectivity index (χ3v) is 6.91. The van der Waals surface area contributed by atoms with Crippen LogP contribution in [0.2, 0.25) is 0 Å². The molecule has 0 aliphatic carbocycles. The van der Waals surface area contributed by atoms with Crippen LogP contribution in [0.1, 0.15) is 37.7 Å². The number of piperidine rings is 2. The first-order valence-corrected chi connectivity index (χ1v) is 11.1. The molecular weight excluding hydrogens is 444 g/mol. The lowest BCUT2D eigenvalue weighted by Gasteiger charge is -2.40. The maximum Gasteiger partial charge on any atom is 0.0603 e. The van der Waals surface area contributed by atoms with Crippen molar-refractivity contribution in [2.24, 2.45) is 5.73 Å². The van der Waals surface area contributed by atoms with Gasteiger partial charge < -0.3 is 21.3 Å². The molecule has 140 valence electrons. The molecule has 4 nitrogen and oxygen atoms in total. The maximum absolute atomic E-state index is 6.44. The molecule has 0 radical (unpaired) electrons. The first-order chi connectivity index (χ1) is 12.0. The number of anilines is 1. The van der Waals surface area contributed by atoms with Gasteiger partial charge in [0.05, 0.1) is 5.69 Å². The van der Waals surface area contributed by atoms with Gasteiger partial charge in [-0.05, 0) is 108 Å². The number of likely N-dealkylation sites (tertiary alicyclic amines) is 2. The van der Waals surface area contributed by atoms with Crippen LogP contribution in [0.25, 0.3) is 0 Å². The highest BCUT2D eigenvalue weighted by atomic mass is 79.9. The summed E-state index contributed by atoms with van der Waals surface area (Å²) in [5.74, 6) is 0. The minimum atomic E-state index is 0.161. The molecular formula is C19H30Br2N4. The number of hydrogen-bond acceptors (Lipinski definition) is 4. The van der Waals surface area contributed by atoms with Crippen molar-refractivity contribution in [3.63, 3.8) is 0 Å². The van der Waals surface area contributed by atoms with E-state index in [1.807, 2.05) is 0 Å². The summed E-state index contributed by atoms with van der Waals surface area (Å²) < 4.78 is 1.87. The van der Waals surface area contributed by atoms with Crippen LogP contribution in [0.5, 0.6) is 0 Å². The molecule has 0 aromatic heterocycles. The first-order valence-electron chi connectivity index (χ1n) is 9.48. The summed E-state index contributed by atoms with van der Waals surface area (Å²) in [4.78, 5) is 5.27. The Kier molecular flexibility index (Phi) is 7.20. The van der Waals surface area contributed by atoms with Gasteiger partial charge in [-0.25, -0.2) is 0 Å². The van der Waals surface area contributed by atoms with Gasteiger partial charge in [-0.15, -0.1) is 0 Å². The van der Waals surface area contributed by atoms with Crippen molar-refractivity contribution >= 4 is 37.5 Å². The van der Waals surface area contributed by atoms with Crippen LogP contribution in [-0.4, -0.2) is 54.6 Å². The fourth-order valence-electron chi connectivity index (χ4n) is 4.20. The zero-order valence-corrected chi connectivity index (χ0v) is 18.1. The van der Waals surface area contributed by atoms with Gasteiger partial charge in [0, 0.05) is 27.6 Å². The summed E-state index contributed by atoms with van der Waals surface area (Å²) in [6.07, 6.45) is 7.66. The molecule has 2 aliphatic rings. The van der Waals surface area contributed by atoms with E-state index in [0.717, 1.165) is 33.6 Å². The second-order valence-electron chi connectivity index (χ2n) is 7.57. The molecule has 25 heavy (non-hydrogen) atoms. The van der Waals surface area contributed by atoms with E-state index in [1.165, 1.54) is 63.8 Å². The number of benzene rings is 1. The molecule has 0 spiro atoms. The van der Waals surface area contributed by atoms with Crippen LogP contribution in [0.15, 0.2) is 21.1 Å². The lowest BCUT2D eigenvalue weighted by atomic mass is 9.99. The number of nitrogen functional groups attached to an aromatic ring is 1. The topological polar surface area (TPSA) is 58.5 Å². The molecule has 6 heteroatoms. The fourth-order valence-corrected chi connectivity index (χ4v) is 5.49. The van der Waals surface area contributed by atoms with E-state index in [-0.39, 0.29) is 6.04 Å². The molecule has 0 saturated carbocycles. The average molecular weight is 474 g/mol. The second kappa shape index (κ2) is 9.18. The summed E-state index contributed by atoms with van der Waals surface area (Å²) in [5.41, 5.74) is 14.4. The molecule has 1 aromatic carbocycles. The van der Waals surface area contributed by atoms with Gasteiger partial charge in [-0.3, -0.25) is 0 Å². The Morgan fingerprint density at radius 2 is 1.60 bits per heavy atom. The summed E-state index contributed by atoms with van der Waals surface area (Å²) in [6, 6.07) is 5.14. The third kappa shape index (κ3) is 5.42. The molecule has 2 aliphatic heterocycles. The van der Waals surface area contributed by atoms with Crippen molar-refractivity contribution in [3.05, 3.63) is 26.6 Å². The summed E-state index contributed by atoms with van der Waals surface area (Å²) in [7, 11) is 0. The molecule has 0 bridgehead atoms. The largest absolute Gasteiger partial charge is 0.397 e. The van der Waals surface area contributed by atoms with Crippen molar-refractivity contribution in [2.75, 3.05) is 38.5 Å². The quantitative estimate of drug-likeness (QED) is 0.641. The minimum absolute atomic E-state index is 0.161. The van der Waals surface area contributed by atoms with E-state index >= 15 is 0 Å². The van der Waals surface area contributed by atoms with Crippen LogP contribution < -0.4 is 11.5 Å². The van der Waals surface area contributed by atoms with Crippen molar-refractivity contribution < 1.29 is 0 Å². The van der Waals surface area contributed by atoms with Crippen molar-refractivity contribution in [2.45, 2.75) is 50.6 Å². The van der Waals surface area contributed by atoms with E-state index in [9.17, 15) is 0 Å². The highest BCUT2D eigenvalue weighted by Crippen LogP contribution is 2.30. The fraction of sp³-hybridized carbons (Fsp3) is 0.684. The van der Waals surface area contributed by atoms with Crippen LogP contribution >= 0.6 is 31.9 Å². The minimum Gasteiger partial charge on any atom is -0.397 e. The van der Waals surface area contributed by atoms with Gasteiger partial charge >= 0.3 is 0 Å². The van der Waals surface area contributed by atoms with Gasteiger partial charge in [0.2, 0.25) is 0 Å². The van der Waals surface area contributed by atoms with E-state index in [2.05, 4.69) is 53.8 Å². The molecule has 3 rings (SSSR count). The monoisotopic (exact) mass is 472 g/mol. The highest BCUT2D eigenvalue weighted by molar-refractivity contribution is 9.11. The number of rotatable bonds is 5. The molecule has 2 saturated heterocycles. The van der Waals surface area contributed by atoms with E-state index in [0.29, 0.717) is 0 Å². The van der Waals surface area contributed by atoms with Gasteiger partial charge in [0.15, 0.2) is 0 Å². The van der Waals surface area contributed by atoms with Crippen molar-refractivity contribution in [3.8, 4) is 0 Å². The first kappa shape index (κ1) is 19.6. The van der Waals surface area contributed by atoms with Crippen LogP contribution in [0.3, 0.4) is 0 Å². The molecule has 1 unspecified atom stereocenters.